The molecule has 0 fully saturated rings. The third-order valence-electron chi connectivity index (χ3n) is 1.07. The van der Waals surface area contributed by atoms with Crippen LogP contribution in [0.1, 0.15) is 10.4 Å². The number of aromatic nitrogens is 1. The van der Waals surface area contributed by atoms with Crippen LogP contribution in [0.4, 0.5) is 0 Å². The fourth-order valence-electron chi connectivity index (χ4n) is 0.568. The molecule has 0 atom stereocenters. The average molecular weight is 185 g/mol. The predicted molar refractivity (Wildman–Crippen MR) is 33.0 cm³/mol. The van der Waals surface area contributed by atoms with Gasteiger partial charge >= 0.3 is 37.7 Å². The molecule has 7 heteroatoms. The molecule has 1 heterocycles. The maximum absolute atomic E-state index is 10.7. The number of halogens is 1. The molecule has 0 aromatic carbocycles. The van der Waals surface area contributed by atoms with Crippen LogP contribution in [0, 0.1) is 0 Å². The largest absolute Gasteiger partial charge is 1.00 e. The third kappa shape index (κ3) is 3.64. The molecule has 0 aliphatic rings. The van der Waals surface area contributed by atoms with E-state index in [1.807, 2.05) is 0 Å². The molecule has 0 amide bonds. The van der Waals surface area contributed by atoms with Crippen molar-refractivity contribution in [3.05, 3.63) is 23.0 Å². The van der Waals surface area contributed by atoms with Crippen LogP contribution in [0.2, 0.25) is 5.02 Å². The number of rotatable bonds is 1. The van der Waals surface area contributed by atoms with Crippen LogP contribution in [0.5, 0.6) is 5.75 Å². The summed E-state index contributed by atoms with van der Waals surface area (Å²) in [6.07, 6.45) is 1.91. The molecule has 0 unspecified atom stereocenters. The Morgan fingerprint density at radius 2 is 1.92 bits per heavy atom. The van der Waals surface area contributed by atoms with E-state index in [1.54, 1.807) is 0 Å². The van der Waals surface area contributed by atoms with E-state index < -0.39 is 11.7 Å². The second-order valence-corrected chi connectivity index (χ2v) is 2.16. The number of carbonyl (C=O) groups is 1. The van der Waals surface area contributed by atoms with E-state index in [2.05, 4.69) is 4.98 Å². The van der Waals surface area contributed by atoms with E-state index in [-0.39, 0.29) is 48.3 Å². The van der Waals surface area contributed by atoms with E-state index >= 15 is 0 Å². The van der Waals surface area contributed by atoms with Gasteiger partial charge in [-0.25, -0.2) is 0 Å². The summed E-state index contributed by atoms with van der Waals surface area (Å²) in [6.45, 7) is 0. The number of carboxylic acid groups (broad SMARTS) is 1. The van der Waals surface area contributed by atoms with Gasteiger partial charge in [-0.1, -0.05) is 17.4 Å². The van der Waals surface area contributed by atoms with Gasteiger partial charge in [0.25, 0.3) is 0 Å². The Morgan fingerprint density at radius 1 is 1.38 bits per heavy atom. The molecule has 1 aromatic heterocycles. The van der Waals surface area contributed by atoms with Crippen LogP contribution in [-0.4, -0.2) is 11.0 Å². The van der Waals surface area contributed by atoms with Gasteiger partial charge in [0.2, 0.25) is 0 Å². The van der Waals surface area contributed by atoms with Crippen molar-refractivity contribution in [3.63, 3.8) is 0 Å². The average Bonchev–Trinajstić information content (AvgIpc) is 1.94. The monoisotopic (exact) mass is 185 g/mol. The first kappa shape index (κ1) is 15.4. The third-order valence-corrected chi connectivity index (χ3v) is 1.46. The molecular formula is C6H2ClLi2NO3. The zero-order valence-corrected chi connectivity index (χ0v) is 7.96. The summed E-state index contributed by atoms with van der Waals surface area (Å²) < 4.78 is 0. The normalized spacial score (nSPS) is 8.08. The van der Waals surface area contributed by atoms with Crippen LogP contribution in [0.3, 0.4) is 0 Å². The van der Waals surface area contributed by atoms with Gasteiger partial charge < -0.3 is 15.0 Å². The molecule has 1 rings (SSSR count). The van der Waals surface area contributed by atoms with Crippen molar-refractivity contribution in [3.8, 4) is 5.75 Å². The van der Waals surface area contributed by atoms with Crippen LogP contribution in [0.25, 0.3) is 0 Å². The van der Waals surface area contributed by atoms with Crippen molar-refractivity contribution in [1.82, 2.24) is 4.98 Å². The smallest absolute Gasteiger partial charge is 0.870 e. The first-order chi connectivity index (χ1) is 5.13. The molecule has 0 saturated heterocycles. The fourth-order valence-corrected chi connectivity index (χ4v) is 0.743. The summed E-state index contributed by atoms with van der Waals surface area (Å²) >= 11 is 5.31. The summed E-state index contributed by atoms with van der Waals surface area (Å²) in [4.78, 5) is 13.5. The van der Waals surface area contributed by atoms with Crippen molar-refractivity contribution in [2.75, 3.05) is 0 Å². The van der Waals surface area contributed by atoms with E-state index in [9.17, 15) is 15.0 Å². The van der Waals surface area contributed by atoms with E-state index in [1.165, 1.54) is 0 Å². The quantitative estimate of drug-likeness (QED) is 0.408. The van der Waals surface area contributed by atoms with Gasteiger partial charge in [-0.2, -0.15) is 0 Å². The van der Waals surface area contributed by atoms with Crippen LogP contribution in [-0.2, 0) is 0 Å². The maximum Gasteiger partial charge on any atom is 1.00 e. The van der Waals surface area contributed by atoms with Gasteiger partial charge in [-0.3, -0.25) is 4.98 Å². The van der Waals surface area contributed by atoms with Gasteiger partial charge in [0.15, 0.2) is 0 Å². The molecule has 0 aliphatic heterocycles. The van der Waals surface area contributed by atoms with Gasteiger partial charge in [0, 0.05) is 23.0 Å². The number of hydrogen-bond acceptors (Lipinski definition) is 4. The minimum Gasteiger partial charge on any atom is -0.870 e. The van der Waals surface area contributed by atoms with Crippen molar-refractivity contribution in [2.45, 2.75) is 0 Å². The van der Waals surface area contributed by atoms with Gasteiger partial charge in [-0.15, -0.1) is 0 Å². The van der Waals surface area contributed by atoms with Gasteiger partial charge in [0.1, 0.15) is 0 Å². The zero-order valence-electron chi connectivity index (χ0n) is 7.20. The van der Waals surface area contributed by atoms with Gasteiger partial charge in [-0.05, 0) is 0 Å². The number of pyridine rings is 1. The number of nitrogens with zero attached hydrogens (tertiary/aromatic N) is 1. The Hall–Kier alpha value is -0.0952. The molecule has 0 bridgehead atoms. The molecule has 4 nitrogen and oxygen atoms in total. The summed E-state index contributed by atoms with van der Waals surface area (Å²) in [5, 5.41) is 20.5. The topological polar surface area (TPSA) is 76.1 Å². The Bertz CT molecular complexity index is 308. The summed E-state index contributed by atoms with van der Waals surface area (Å²) in [7, 11) is 0. The van der Waals surface area contributed by atoms with E-state index in [0.29, 0.717) is 0 Å². The van der Waals surface area contributed by atoms with Crippen LogP contribution >= 0.6 is 11.6 Å². The molecule has 0 N–H and O–H groups in total. The summed E-state index contributed by atoms with van der Waals surface area (Å²) in [5.41, 5.74) is -0.376. The zero-order chi connectivity index (χ0) is 8.43. The van der Waals surface area contributed by atoms with Crippen molar-refractivity contribution >= 4 is 17.6 Å². The number of carbonyl (C=O) groups excluding carboxylic acids is 1. The SMILES string of the molecule is O=C([O-])c1cncc([O-])c1Cl.[Li+].[Li+]. The predicted octanol–water partition coefficient (Wildman–Crippen LogP) is -6.82. The van der Waals surface area contributed by atoms with Crippen LogP contribution in [0.15, 0.2) is 12.4 Å². The standard InChI is InChI=1S/C6H4ClNO3.2Li/c7-5-3(6(10)11)1-8-2-4(5)9;;/h1-2,9H,(H,10,11);;/q;2*+1/p-2. The molecule has 0 aliphatic carbocycles. The van der Waals surface area contributed by atoms with Crippen molar-refractivity contribution in [1.29, 1.82) is 0 Å². The van der Waals surface area contributed by atoms with Crippen molar-refractivity contribution in [2.24, 2.45) is 0 Å². The number of aromatic carboxylic acids is 1. The maximum atomic E-state index is 10.7. The molecule has 1 aromatic rings. The molecule has 0 spiro atoms. The van der Waals surface area contributed by atoms with Gasteiger partial charge in [0.05, 0.1) is 5.97 Å². The summed E-state index contributed by atoms with van der Waals surface area (Å²) in [6, 6.07) is 0. The Kier molecular flexibility index (Phi) is 7.54. The Balaban J connectivity index is 0. The second-order valence-electron chi connectivity index (χ2n) is 1.79. The molecule has 0 radical (unpaired) electrons. The molecule has 58 valence electrons. The molecule has 0 saturated carbocycles. The molecule has 13 heavy (non-hydrogen) atoms. The Morgan fingerprint density at radius 3 is 2.31 bits per heavy atom. The van der Waals surface area contributed by atoms with E-state index in [4.69, 9.17) is 11.6 Å². The summed E-state index contributed by atoms with van der Waals surface area (Å²) in [5.74, 6) is -2.12. The molecular weight excluding hydrogens is 183 g/mol. The minimum absolute atomic E-state index is 0. The second kappa shape index (κ2) is 6.37. The van der Waals surface area contributed by atoms with Crippen LogP contribution < -0.4 is 47.9 Å². The first-order valence-corrected chi connectivity index (χ1v) is 3.02. The number of carboxylic acids is 1. The first-order valence-electron chi connectivity index (χ1n) is 2.65. The Labute approximate surface area is 104 Å². The minimum atomic E-state index is -1.50. The fraction of sp³-hybridized carbons (Fsp3) is 0. The van der Waals surface area contributed by atoms with Crippen molar-refractivity contribution < 1.29 is 52.7 Å². The van der Waals surface area contributed by atoms with E-state index in [0.717, 1.165) is 12.4 Å². The number of hydrogen-bond donors (Lipinski definition) is 0.